The first kappa shape index (κ1) is 13.8. The second kappa shape index (κ2) is 5.59. The van der Waals surface area contributed by atoms with Crippen LogP contribution in [0.5, 0.6) is 0 Å². The van der Waals surface area contributed by atoms with Crippen LogP contribution >= 0.6 is 0 Å². The highest BCUT2D eigenvalue weighted by Crippen LogP contribution is 2.34. The molecule has 1 heterocycles. The largest absolute Gasteiger partial charge is 0.465 e. The van der Waals surface area contributed by atoms with Crippen LogP contribution in [0.15, 0.2) is 24.3 Å². The highest BCUT2D eigenvalue weighted by atomic mass is 16.4. The molecule has 0 aromatic heterocycles. The number of aliphatic hydroxyl groups excluding tert-OH is 1. The molecular weight excluding hydrogens is 246 g/mol. The number of hydrogen-bond donors (Lipinski definition) is 3. The summed E-state index contributed by atoms with van der Waals surface area (Å²) in [4.78, 5) is 12.2. The predicted molar refractivity (Wildman–Crippen MR) is 70.0 cm³/mol. The highest BCUT2D eigenvalue weighted by molar-refractivity contribution is 5.65. The molecule has 0 spiro atoms. The lowest BCUT2D eigenvalue weighted by Crippen LogP contribution is -2.45. The minimum atomic E-state index is -0.988. The minimum Gasteiger partial charge on any atom is -0.465 e. The van der Waals surface area contributed by atoms with Gasteiger partial charge in [0.1, 0.15) is 0 Å². The molecule has 1 fully saturated rings. The maximum Gasteiger partial charge on any atom is 0.407 e. The van der Waals surface area contributed by atoms with Gasteiger partial charge in [0.25, 0.3) is 0 Å². The van der Waals surface area contributed by atoms with Crippen LogP contribution in [-0.2, 0) is 12.0 Å². The zero-order chi connectivity index (χ0) is 13.9. The predicted octanol–water partition coefficient (Wildman–Crippen LogP) is 1.18. The number of nitrogens with zero attached hydrogens (tertiary/aromatic N) is 1. The smallest absolute Gasteiger partial charge is 0.407 e. The van der Waals surface area contributed by atoms with Crippen LogP contribution in [0.4, 0.5) is 4.79 Å². The van der Waals surface area contributed by atoms with Gasteiger partial charge < -0.3 is 20.2 Å². The molecule has 0 saturated carbocycles. The van der Waals surface area contributed by atoms with E-state index in [0.29, 0.717) is 32.4 Å². The number of hydrogen-bond acceptors (Lipinski definition) is 3. The molecule has 1 aliphatic rings. The molecule has 1 aliphatic heterocycles. The average Bonchev–Trinajstić information content (AvgIpc) is 2.40. The molecule has 2 rings (SSSR count). The van der Waals surface area contributed by atoms with Gasteiger partial charge in [0.2, 0.25) is 0 Å². The summed E-state index contributed by atoms with van der Waals surface area (Å²) in [5.74, 6) is 0. The molecule has 0 radical (unpaired) electrons. The minimum absolute atomic E-state index is 0.0361. The SMILES string of the molecule is O=C(O)N1CCC(O)(c2ccccc2CCO)CC1. The van der Waals surface area contributed by atoms with Crippen LogP contribution in [0, 0.1) is 0 Å². The molecular formula is C14H19NO4. The standard InChI is InChI=1S/C14H19NO4/c16-10-5-11-3-1-2-4-12(11)14(19)6-8-15(9-7-14)13(17)18/h1-4,16,19H,5-10H2,(H,17,18). The van der Waals surface area contributed by atoms with Crippen LogP contribution in [0.25, 0.3) is 0 Å². The fraction of sp³-hybridized carbons (Fsp3) is 0.500. The maximum absolute atomic E-state index is 10.9. The Kier molecular flexibility index (Phi) is 4.07. The molecule has 19 heavy (non-hydrogen) atoms. The zero-order valence-corrected chi connectivity index (χ0v) is 10.7. The summed E-state index contributed by atoms with van der Waals surface area (Å²) in [6, 6.07) is 7.50. The van der Waals surface area contributed by atoms with Crippen LogP contribution in [0.3, 0.4) is 0 Å². The quantitative estimate of drug-likeness (QED) is 0.766. The van der Waals surface area contributed by atoms with Gasteiger partial charge in [-0.05, 0) is 30.4 Å². The van der Waals surface area contributed by atoms with E-state index in [1.165, 1.54) is 4.90 Å². The van der Waals surface area contributed by atoms with Crippen LogP contribution in [-0.4, -0.2) is 46.0 Å². The first-order valence-electron chi connectivity index (χ1n) is 6.46. The second-order valence-corrected chi connectivity index (χ2v) is 4.93. The molecule has 0 unspecified atom stereocenters. The van der Waals surface area contributed by atoms with Gasteiger partial charge >= 0.3 is 6.09 Å². The van der Waals surface area contributed by atoms with Crippen molar-refractivity contribution in [3.63, 3.8) is 0 Å². The van der Waals surface area contributed by atoms with Gasteiger partial charge in [-0.15, -0.1) is 0 Å². The van der Waals surface area contributed by atoms with Crippen molar-refractivity contribution in [2.75, 3.05) is 19.7 Å². The molecule has 3 N–H and O–H groups in total. The van der Waals surface area contributed by atoms with Crippen molar-refractivity contribution in [1.82, 2.24) is 4.90 Å². The van der Waals surface area contributed by atoms with Gasteiger partial charge in [0.15, 0.2) is 0 Å². The summed E-state index contributed by atoms with van der Waals surface area (Å²) in [6.07, 6.45) is 0.343. The van der Waals surface area contributed by atoms with Crippen molar-refractivity contribution >= 4 is 6.09 Å². The monoisotopic (exact) mass is 265 g/mol. The molecule has 5 nitrogen and oxygen atoms in total. The van der Waals surface area contributed by atoms with Gasteiger partial charge in [0, 0.05) is 19.7 Å². The van der Waals surface area contributed by atoms with Crippen LogP contribution in [0.1, 0.15) is 24.0 Å². The third-order valence-corrected chi connectivity index (χ3v) is 3.76. The van der Waals surface area contributed by atoms with Crippen molar-refractivity contribution < 1.29 is 20.1 Å². The number of aliphatic hydroxyl groups is 2. The Hall–Kier alpha value is -1.59. The van der Waals surface area contributed by atoms with E-state index in [1.54, 1.807) is 0 Å². The Morgan fingerprint density at radius 3 is 2.47 bits per heavy atom. The Balaban J connectivity index is 2.20. The summed E-state index contributed by atoms with van der Waals surface area (Å²) in [5, 5.41) is 28.8. The molecule has 1 aromatic rings. The number of benzene rings is 1. The van der Waals surface area contributed by atoms with Crippen molar-refractivity contribution in [3.05, 3.63) is 35.4 Å². The van der Waals surface area contributed by atoms with Crippen LogP contribution < -0.4 is 0 Å². The topological polar surface area (TPSA) is 81.0 Å². The summed E-state index contributed by atoms with van der Waals surface area (Å²) < 4.78 is 0. The Morgan fingerprint density at radius 2 is 1.89 bits per heavy atom. The Labute approximate surface area is 112 Å². The normalized spacial score (nSPS) is 18.3. The molecule has 1 aromatic carbocycles. The van der Waals surface area contributed by atoms with E-state index in [1.807, 2.05) is 24.3 Å². The number of rotatable bonds is 3. The summed E-state index contributed by atoms with van der Waals surface area (Å²) >= 11 is 0. The van der Waals surface area contributed by atoms with Crippen molar-refractivity contribution in [2.45, 2.75) is 24.9 Å². The average molecular weight is 265 g/mol. The highest BCUT2D eigenvalue weighted by Gasteiger charge is 2.36. The third-order valence-electron chi connectivity index (χ3n) is 3.76. The van der Waals surface area contributed by atoms with Crippen LogP contribution in [0.2, 0.25) is 0 Å². The lowest BCUT2D eigenvalue weighted by atomic mass is 9.81. The summed E-state index contributed by atoms with van der Waals surface area (Å²) in [6.45, 7) is 0.701. The van der Waals surface area contributed by atoms with Gasteiger partial charge in [-0.1, -0.05) is 24.3 Å². The first-order chi connectivity index (χ1) is 9.07. The third kappa shape index (κ3) is 2.88. The van der Waals surface area contributed by atoms with Gasteiger partial charge in [-0.2, -0.15) is 0 Å². The lowest BCUT2D eigenvalue weighted by molar-refractivity contribution is -0.0220. The number of amides is 1. The zero-order valence-electron chi connectivity index (χ0n) is 10.7. The Bertz CT molecular complexity index is 453. The fourth-order valence-corrected chi connectivity index (χ4v) is 2.65. The van der Waals surface area contributed by atoms with E-state index in [4.69, 9.17) is 10.2 Å². The molecule has 5 heteroatoms. The molecule has 1 saturated heterocycles. The summed E-state index contributed by atoms with van der Waals surface area (Å²) in [7, 11) is 0. The van der Waals surface area contributed by atoms with E-state index in [2.05, 4.69) is 0 Å². The molecule has 0 aliphatic carbocycles. The van der Waals surface area contributed by atoms with Gasteiger partial charge in [-0.25, -0.2) is 4.79 Å². The van der Waals surface area contributed by atoms with E-state index in [0.717, 1.165) is 11.1 Å². The molecule has 0 atom stereocenters. The van der Waals surface area contributed by atoms with Gasteiger partial charge in [0.05, 0.1) is 5.60 Å². The molecule has 1 amide bonds. The van der Waals surface area contributed by atoms with E-state index in [9.17, 15) is 9.90 Å². The number of likely N-dealkylation sites (tertiary alicyclic amines) is 1. The van der Waals surface area contributed by atoms with E-state index < -0.39 is 11.7 Å². The van der Waals surface area contributed by atoms with Gasteiger partial charge in [-0.3, -0.25) is 0 Å². The van der Waals surface area contributed by atoms with Crippen molar-refractivity contribution in [3.8, 4) is 0 Å². The number of piperidine rings is 1. The second-order valence-electron chi connectivity index (χ2n) is 4.93. The fourth-order valence-electron chi connectivity index (χ4n) is 2.65. The van der Waals surface area contributed by atoms with E-state index in [-0.39, 0.29) is 6.61 Å². The number of carbonyl (C=O) groups is 1. The number of carboxylic acid groups (broad SMARTS) is 1. The van der Waals surface area contributed by atoms with E-state index >= 15 is 0 Å². The maximum atomic E-state index is 10.9. The first-order valence-corrected chi connectivity index (χ1v) is 6.46. The van der Waals surface area contributed by atoms with Crippen molar-refractivity contribution in [2.24, 2.45) is 0 Å². The van der Waals surface area contributed by atoms with Crippen molar-refractivity contribution in [1.29, 1.82) is 0 Å². The summed E-state index contributed by atoms with van der Waals surface area (Å²) in [5.41, 5.74) is 0.753. The molecule has 104 valence electrons. The Morgan fingerprint density at radius 1 is 1.26 bits per heavy atom. The lowest BCUT2D eigenvalue weighted by Gasteiger charge is -2.38. The molecule has 0 bridgehead atoms.